The first-order chi connectivity index (χ1) is 14.0. The summed E-state index contributed by atoms with van der Waals surface area (Å²) in [7, 11) is 1.76. The molecule has 2 heterocycles. The van der Waals surface area contributed by atoms with Crippen molar-refractivity contribution >= 4 is 34.7 Å². The number of nitrogens with two attached hydrogens (primary N) is 2. The van der Waals surface area contributed by atoms with Crippen molar-refractivity contribution in [3.05, 3.63) is 53.4 Å². The van der Waals surface area contributed by atoms with Crippen LogP contribution in [0.5, 0.6) is 0 Å². The summed E-state index contributed by atoms with van der Waals surface area (Å²) < 4.78 is 11.7. The Hall–Kier alpha value is -2.19. The number of ether oxygens (including phenoxy) is 1. The molecule has 6 nitrogen and oxygen atoms in total. The van der Waals surface area contributed by atoms with Crippen LogP contribution in [0.4, 0.5) is 11.4 Å². The molecule has 1 aromatic heterocycles. The van der Waals surface area contributed by atoms with Gasteiger partial charge < -0.3 is 19.9 Å². The summed E-state index contributed by atoms with van der Waals surface area (Å²) >= 11 is 7.55. The van der Waals surface area contributed by atoms with Crippen LogP contribution in [0, 0.1) is 0 Å². The van der Waals surface area contributed by atoms with Crippen molar-refractivity contribution in [2.75, 3.05) is 31.0 Å². The quantitative estimate of drug-likeness (QED) is 0.336. The number of rotatable bonds is 5. The molecule has 3 aromatic rings. The van der Waals surface area contributed by atoms with Crippen molar-refractivity contribution in [2.24, 2.45) is 5.84 Å². The molecule has 0 atom stereocenters. The van der Waals surface area contributed by atoms with Crippen molar-refractivity contribution in [1.29, 1.82) is 0 Å². The maximum atomic E-state index is 6.26. The molecule has 1 saturated heterocycles. The van der Waals surface area contributed by atoms with E-state index in [1.54, 1.807) is 7.05 Å². The molecular weight excluding hydrogens is 408 g/mol. The number of halogens is 1. The van der Waals surface area contributed by atoms with Gasteiger partial charge in [-0.05, 0) is 61.0 Å². The summed E-state index contributed by atoms with van der Waals surface area (Å²) in [4.78, 5) is 5.90. The average molecular weight is 431 g/mol. The Kier molecular flexibility index (Phi) is 6.01. The van der Waals surface area contributed by atoms with E-state index in [9.17, 15) is 0 Å². The minimum absolute atomic E-state index is 0.257. The van der Waals surface area contributed by atoms with Crippen LogP contribution in [0.1, 0.15) is 24.7 Å². The van der Waals surface area contributed by atoms with E-state index in [2.05, 4.69) is 0 Å². The van der Waals surface area contributed by atoms with Gasteiger partial charge >= 0.3 is 0 Å². The molecule has 4 N–H and O–H groups in total. The predicted octanol–water partition coefficient (Wildman–Crippen LogP) is 4.93. The number of benzene rings is 2. The van der Waals surface area contributed by atoms with Gasteiger partial charge in [-0.25, -0.2) is 10.8 Å². The highest BCUT2D eigenvalue weighted by molar-refractivity contribution is 7.99. The lowest BCUT2D eigenvalue weighted by Gasteiger charge is -2.18. The van der Waals surface area contributed by atoms with Crippen molar-refractivity contribution in [3.8, 4) is 11.3 Å². The molecule has 4 rings (SSSR count). The minimum atomic E-state index is 0.257. The molecule has 0 aliphatic carbocycles. The number of hydrogen-bond acceptors (Lipinski definition) is 7. The van der Waals surface area contributed by atoms with Crippen molar-refractivity contribution in [2.45, 2.75) is 28.7 Å². The molecular formula is C21H23ClN4O2S. The largest absolute Gasteiger partial charge is 0.433 e. The van der Waals surface area contributed by atoms with Gasteiger partial charge in [0.1, 0.15) is 5.69 Å². The smallest absolute Gasteiger partial charge is 0.199 e. The molecule has 0 amide bonds. The molecule has 0 bridgehead atoms. The van der Waals surface area contributed by atoms with Gasteiger partial charge in [0.15, 0.2) is 11.0 Å². The van der Waals surface area contributed by atoms with E-state index in [-0.39, 0.29) is 5.92 Å². The van der Waals surface area contributed by atoms with Gasteiger partial charge in [0.25, 0.3) is 0 Å². The zero-order valence-corrected chi connectivity index (χ0v) is 17.7. The van der Waals surface area contributed by atoms with Crippen LogP contribution in [-0.4, -0.2) is 25.2 Å². The van der Waals surface area contributed by atoms with Crippen LogP contribution in [0.2, 0.25) is 5.02 Å². The number of anilines is 2. The van der Waals surface area contributed by atoms with E-state index in [1.807, 2.05) is 42.5 Å². The highest BCUT2D eigenvalue weighted by Crippen LogP contribution is 2.41. The Balaban J connectivity index is 1.75. The van der Waals surface area contributed by atoms with Gasteiger partial charge in [0.05, 0.1) is 11.4 Å². The van der Waals surface area contributed by atoms with Crippen LogP contribution in [0.15, 0.2) is 56.9 Å². The van der Waals surface area contributed by atoms with Crippen molar-refractivity contribution in [1.82, 2.24) is 4.98 Å². The van der Waals surface area contributed by atoms with Crippen LogP contribution < -0.4 is 16.6 Å². The number of nitrogens with zero attached hydrogens (tertiary/aromatic N) is 2. The summed E-state index contributed by atoms with van der Waals surface area (Å²) in [6.07, 6.45) is 1.81. The normalized spacial score (nSPS) is 14.9. The Labute approximate surface area is 179 Å². The fraction of sp³-hybridized carbons (Fsp3) is 0.286. The minimum Gasteiger partial charge on any atom is -0.433 e. The standard InChI is InChI=1S/C21H23ClN4O2S/c1-26(24)18-12-14(2-7-17(18)23)19-21(29-16-5-3-15(22)4-6-16)28-20(25-19)13-8-10-27-11-9-13/h2-7,12-13H,8-11,23-24H2,1H3. The van der Waals surface area contributed by atoms with E-state index in [0.29, 0.717) is 10.7 Å². The number of hydrogen-bond donors (Lipinski definition) is 2. The second-order valence-corrected chi connectivity index (χ2v) is 8.50. The monoisotopic (exact) mass is 430 g/mol. The first kappa shape index (κ1) is 20.1. The first-order valence-electron chi connectivity index (χ1n) is 9.41. The molecule has 0 spiro atoms. The molecule has 0 radical (unpaired) electrons. The van der Waals surface area contributed by atoms with Gasteiger partial charge in [-0.15, -0.1) is 0 Å². The average Bonchev–Trinajstić information content (AvgIpc) is 3.14. The lowest BCUT2D eigenvalue weighted by atomic mass is 10.0. The molecule has 1 aliphatic rings. The van der Waals surface area contributed by atoms with Crippen LogP contribution >= 0.6 is 23.4 Å². The fourth-order valence-electron chi connectivity index (χ4n) is 3.30. The Morgan fingerprint density at radius 1 is 1.14 bits per heavy atom. The van der Waals surface area contributed by atoms with Gasteiger partial charge in [-0.1, -0.05) is 17.7 Å². The van der Waals surface area contributed by atoms with E-state index in [4.69, 9.17) is 37.3 Å². The van der Waals surface area contributed by atoms with Crippen molar-refractivity contribution < 1.29 is 9.15 Å². The highest BCUT2D eigenvalue weighted by atomic mass is 35.5. The van der Waals surface area contributed by atoms with Crippen LogP contribution in [-0.2, 0) is 4.74 Å². The summed E-state index contributed by atoms with van der Waals surface area (Å²) in [5.74, 6) is 6.94. The molecule has 0 unspecified atom stereocenters. The number of oxazole rings is 1. The summed E-state index contributed by atoms with van der Waals surface area (Å²) in [5.41, 5.74) is 9.11. The van der Waals surface area contributed by atoms with Crippen LogP contribution in [0.25, 0.3) is 11.3 Å². The molecule has 152 valence electrons. The second kappa shape index (κ2) is 8.67. The van der Waals surface area contributed by atoms with Crippen LogP contribution in [0.3, 0.4) is 0 Å². The lowest BCUT2D eigenvalue weighted by Crippen LogP contribution is -2.25. The summed E-state index contributed by atoms with van der Waals surface area (Å²) in [6.45, 7) is 1.46. The molecule has 2 aromatic carbocycles. The predicted molar refractivity (Wildman–Crippen MR) is 117 cm³/mol. The van der Waals surface area contributed by atoms with E-state index in [1.165, 1.54) is 16.8 Å². The van der Waals surface area contributed by atoms with Gasteiger partial charge in [-0.3, -0.25) is 0 Å². The first-order valence-corrected chi connectivity index (χ1v) is 10.6. The third kappa shape index (κ3) is 4.53. The Morgan fingerprint density at radius 2 is 1.86 bits per heavy atom. The van der Waals surface area contributed by atoms with E-state index >= 15 is 0 Å². The Bertz CT molecular complexity index is 985. The van der Waals surface area contributed by atoms with E-state index in [0.717, 1.165) is 58.9 Å². The summed E-state index contributed by atoms with van der Waals surface area (Å²) in [5, 5.41) is 2.94. The van der Waals surface area contributed by atoms with Crippen molar-refractivity contribution in [3.63, 3.8) is 0 Å². The highest BCUT2D eigenvalue weighted by Gasteiger charge is 2.25. The zero-order valence-electron chi connectivity index (χ0n) is 16.1. The van der Waals surface area contributed by atoms with Gasteiger partial charge in [0, 0.05) is 41.7 Å². The third-order valence-electron chi connectivity index (χ3n) is 4.89. The molecule has 8 heteroatoms. The summed E-state index contributed by atoms with van der Waals surface area (Å²) in [6, 6.07) is 13.4. The molecule has 0 saturated carbocycles. The third-order valence-corrected chi connectivity index (χ3v) is 6.11. The maximum Gasteiger partial charge on any atom is 0.199 e. The second-order valence-electron chi connectivity index (χ2n) is 7.02. The molecule has 1 fully saturated rings. The van der Waals surface area contributed by atoms with Gasteiger partial charge in [0.2, 0.25) is 0 Å². The van der Waals surface area contributed by atoms with Gasteiger partial charge in [-0.2, -0.15) is 0 Å². The fourth-order valence-corrected chi connectivity index (χ4v) is 4.30. The molecule has 29 heavy (non-hydrogen) atoms. The number of hydrazine groups is 1. The van der Waals surface area contributed by atoms with E-state index < -0.39 is 0 Å². The topological polar surface area (TPSA) is 90.5 Å². The SMILES string of the molecule is CN(N)c1cc(-c2nc(C3CCOCC3)oc2Sc2ccc(Cl)cc2)ccc1N. The zero-order chi connectivity index (χ0) is 20.4. The maximum absolute atomic E-state index is 6.26. The number of nitrogen functional groups attached to an aromatic ring is 1. The molecule has 1 aliphatic heterocycles. The number of aromatic nitrogens is 1. The lowest BCUT2D eigenvalue weighted by molar-refractivity contribution is 0.0786. The Morgan fingerprint density at radius 3 is 2.55 bits per heavy atom.